The van der Waals surface area contributed by atoms with Crippen LogP contribution in [0.4, 0.5) is 4.79 Å². The van der Waals surface area contributed by atoms with Gasteiger partial charge in [-0.2, -0.15) is 0 Å². The van der Waals surface area contributed by atoms with Gasteiger partial charge in [-0.15, -0.1) is 0 Å². The molecule has 1 aliphatic rings. The quantitative estimate of drug-likeness (QED) is 0.819. The summed E-state index contributed by atoms with van der Waals surface area (Å²) in [5, 5.41) is 3.06. The molecule has 0 spiro atoms. The van der Waals surface area contributed by atoms with Crippen LogP contribution in [0.1, 0.15) is 45.2 Å². The number of hydrogen-bond acceptors (Lipinski definition) is 4. The summed E-state index contributed by atoms with van der Waals surface area (Å²) in [6.45, 7) is 8.44. The molecule has 0 saturated carbocycles. The molecule has 0 aliphatic carbocycles. The lowest BCUT2D eigenvalue weighted by atomic mass is 10.1. The Labute approximate surface area is 150 Å². The van der Waals surface area contributed by atoms with Crippen LogP contribution in [0.15, 0.2) is 18.2 Å². The Kier molecular flexibility index (Phi) is 7.37. The maximum Gasteiger partial charge on any atom is 0.317 e. The van der Waals surface area contributed by atoms with Gasteiger partial charge < -0.3 is 24.4 Å². The van der Waals surface area contributed by atoms with Crippen LogP contribution < -0.4 is 14.8 Å². The van der Waals surface area contributed by atoms with Crippen molar-refractivity contribution in [1.29, 1.82) is 0 Å². The number of nitrogens with zero attached hydrogens (tertiary/aromatic N) is 1. The number of amides is 2. The van der Waals surface area contributed by atoms with Gasteiger partial charge in [-0.25, -0.2) is 4.79 Å². The van der Waals surface area contributed by atoms with Crippen LogP contribution in [0.2, 0.25) is 0 Å². The second-order valence-corrected chi connectivity index (χ2v) is 6.20. The van der Waals surface area contributed by atoms with E-state index in [-0.39, 0.29) is 18.1 Å². The van der Waals surface area contributed by atoms with Gasteiger partial charge in [0, 0.05) is 26.3 Å². The maximum atomic E-state index is 12.5. The summed E-state index contributed by atoms with van der Waals surface area (Å²) in [5.41, 5.74) is 0.987. The van der Waals surface area contributed by atoms with Crippen LogP contribution in [0.25, 0.3) is 0 Å². The van der Waals surface area contributed by atoms with Gasteiger partial charge in [0.05, 0.1) is 19.3 Å². The highest BCUT2D eigenvalue weighted by Crippen LogP contribution is 2.30. The van der Waals surface area contributed by atoms with Crippen molar-refractivity contribution in [3.05, 3.63) is 23.8 Å². The van der Waals surface area contributed by atoms with Gasteiger partial charge in [-0.1, -0.05) is 6.07 Å². The third kappa shape index (κ3) is 5.26. The average Bonchev–Trinajstić information content (AvgIpc) is 2.63. The molecule has 140 valence electrons. The molecule has 2 amide bonds. The number of rotatable bonds is 7. The van der Waals surface area contributed by atoms with Crippen molar-refractivity contribution >= 4 is 6.03 Å². The molecule has 1 atom stereocenters. The van der Waals surface area contributed by atoms with Crippen molar-refractivity contribution < 1.29 is 19.0 Å². The number of nitrogens with one attached hydrogen (secondary N) is 1. The van der Waals surface area contributed by atoms with Crippen LogP contribution in [0.5, 0.6) is 11.5 Å². The van der Waals surface area contributed by atoms with Gasteiger partial charge in [0.15, 0.2) is 11.5 Å². The van der Waals surface area contributed by atoms with Gasteiger partial charge in [0.2, 0.25) is 0 Å². The third-order valence-corrected chi connectivity index (χ3v) is 4.47. The Hall–Kier alpha value is -1.95. The van der Waals surface area contributed by atoms with Crippen molar-refractivity contribution in [2.45, 2.75) is 45.7 Å². The topological polar surface area (TPSA) is 60.0 Å². The number of urea groups is 1. The molecule has 1 aromatic carbocycles. The summed E-state index contributed by atoms with van der Waals surface area (Å²) in [4.78, 5) is 14.3. The van der Waals surface area contributed by atoms with E-state index in [2.05, 4.69) is 5.32 Å². The molecule has 0 unspecified atom stereocenters. The van der Waals surface area contributed by atoms with Crippen LogP contribution in [0.3, 0.4) is 0 Å². The fourth-order valence-electron chi connectivity index (χ4n) is 2.95. The third-order valence-electron chi connectivity index (χ3n) is 4.47. The first kappa shape index (κ1) is 19.4. The number of benzene rings is 1. The largest absolute Gasteiger partial charge is 0.490 e. The van der Waals surface area contributed by atoms with Gasteiger partial charge in [0.25, 0.3) is 0 Å². The van der Waals surface area contributed by atoms with Gasteiger partial charge in [0.1, 0.15) is 0 Å². The van der Waals surface area contributed by atoms with Crippen LogP contribution in [-0.2, 0) is 4.74 Å². The van der Waals surface area contributed by atoms with Crippen molar-refractivity contribution in [1.82, 2.24) is 10.2 Å². The van der Waals surface area contributed by atoms with Crippen molar-refractivity contribution in [3.8, 4) is 11.5 Å². The molecule has 0 aromatic heterocycles. The summed E-state index contributed by atoms with van der Waals surface area (Å²) < 4.78 is 16.6. The van der Waals surface area contributed by atoms with Crippen LogP contribution in [0, 0.1) is 0 Å². The summed E-state index contributed by atoms with van der Waals surface area (Å²) in [7, 11) is 1.85. The fraction of sp³-hybridized carbons (Fsp3) is 0.632. The SMILES string of the molecule is CCOc1ccc([C@@H](C)NC(=O)N(C)C2CCOCC2)cc1OCC. The van der Waals surface area contributed by atoms with Crippen molar-refractivity contribution in [2.75, 3.05) is 33.5 Å². The van der Waals surface area contributed by atoms with Gasteiger partial charge >= 0.3 is 6.03 Å². The van der Waals surface area contributed by atoms with E-state index in [9.17, 15) is 4.79 Å². The van der Waals surface area contributed by atoms with E-state index in [0.29, 0.717) is 32.2 Å². The molecule has 1 heterocycles. The normalized spacial score (nSPS) is 16.2. The number of carbonyl (C=O) groups excluding carboxylic acids is 1. The molecule has 1 fully saturated rings. The Balaban J connectivity index is 2.02. The van der Waals surface area contributed by atoms with E-state index in [1.807, 2.05) is 46.0 Å². The van der Waals surface area contributed by atoms with Crippen molar-refractivity contribution in [3.63, 3.8) is 0 Å². The predicted octanol–water partition coefficient (Wildman–Crippen LogP) is 3.37. The van der Waals surface area contributed by atoms with Crippen molar-refractivity contribution in [2.24, 2.45) is 0 Å². The lowest BCUT2D eigenvalue weighted by Crippen LogP contribution is -2.46. The van der Waals surface area contributed by atoms with Crippen LogP contribution >= 0.6 is 0 Å². The zero-order valence-electron chi connectivity index (χ0n) is 15.7. The summed E-state index contributed by atoms with van der Waals surface area (Å²) in [5.74, 6) is 1.44. The average molecular weight is 350 g/mol. The Morgan fingerprint density at radius 1 is 1.24 bits per heavy atom. The molecule has 0 radical (unpaired) electrons. The summed E-state index contributed by atoms with van der Waals surface area (Å²) in [6.07, 6.45) is 1.77. The molecule has 25 heavy (non-hydrogen) atoms. The summed E-state index contributed by atoms with van der Waals surface area (Å²) in [6, 6.07) is 5.85. The standard InChI is InChI=1S/C19H30N2O4/c1-5-24-17-8-7-15(13-18(17)25-6-2)14(3)20-19(22)21(4)16-9-11-23-12-10-16/h7-8,13-14,16H,5-6,9-12H2,1-4H3,(H,20,22)/t14-/m1/s1. The first-order chi connectivity index (χ1) is 12.1. The first-order valence-electron chi connectivity index (χ1n) is 9.07. The molecule has 1 saturated heterocycles. The number of hydrogen-bond donors (Lipinski definition) is 1. The molecule has 6 nitrogen and oxygen atoms in total. The molecule has 6 heteroatoms. The molecule has 0 bridgehead atoms. The zero-order chi connectivity index (χ0) is 18.2. The molecular weight excluding hydrogens is 320 g/mol. The second kappa shape index (κ2) is 9.51. The zero-order valence-corrected chi connectivity index (χ0v) is 15.7. The highest BCUT2D eigenvalue weighted by atomic mass is 16.5. The highest BCUT2D eigenvalue weighted by Gasteiger charge is 2.23. The van der Waals surface area contributed by atoms with E-state index in [4.69, 9.17) is 14.2 Å². The first-order valence-corrected chi connectivity index (χ1v) is 9.07. The predicted molar refractivity (Wildman–Crippen MR) is 97.3 cm³/mol. The second-order valence-electron chi connectivity index (χ2n) is 6.20. The van der Waals surface area contributed by atoms with Gasteiger partial charge in [-0.05, 0) is 51.3 Å². The monoisotopic (exact) mass is 350 g/mol. The molecule has 1 aliphatic heterocycles. The highest BCUT2D eigenvalue weighted by molar-refractivity contribution is 5.74. The molecule has 2 rings (SSSR count). The van der Waals surface area contributed by atoms with Crippen LogP contribution in [-0.4, -0.2) is 50.4 Å². The van der Waals surface area contributed by atoms with Gasteiger partial charge in [-0.3, -0.25) is 0 Å². The smallest absolute Gasteiger partial charge is 0.317 e. The number of carbonyl (C=O) groups is 1. The minimum atomic E-state index is -0.121. The number of ether oxygens (including phenoxy) is 3. The van der Waals surface area contributed by atoms with E-state index >= 15 is 0 Å². The molecule has 1 aromatic rings. The van der Waals surface area contributed by atoms with E-state index in [1.54, 1.807) is 4.90 Å². The Bertz CT molecular complexity index is 558. The minimum Gasteiger partial charge on any atom is -0.490 e. The van der Waals surface area contributed by atoms with E-state index in [0.717, 1.165) is 24.2 Å². The lowest BCUT2D eigenvalue weighted by Gasteiger charge is -2.32. The Morgan fingerprint density at radius 2 is 1.88 bits per heavy atom. The molecular formula is C19H30N2O4. The Morgan fingerprint density at radius 3 is 2.52 bits per heavy atom. The fourth-order valence-corrected chi connectivity index (χ4v) is 2.95. The molecule has 1 N–H and O–H groups in total. The van der Waals surface area contributed by atoms with E-state index in [1.165, 1.54) is 0 Å². The minimum absolute atomic E-state index is 0.0637. The van der Waals surface area contributed by atoms with E-state index < -0.39 is 0 Å². The summed E-state index contributed by atoms with van der Waals surface area (Å²) >= 11 is 0. The maximum absolute atomic E-state index is 12.5. The lowest BCUT2D eigenvalue weighted by molar-refractivity contribution is 0.0522.